The highest BCUT2D eigenvalue weighted by Crippen LogP contribution is 2.18. The molecule has 7 heteroatoms. The van der Waals surface area contributed by atoms with Gasteiger partial charge in [-0.3, -0.25) is 9.69 Å². The van der Waals surface area contributed by atoms with Gasteiger partial charge in [0.05, 0.1) is 25.6 Å². The van der Waals surface area contributed by atoms with Crippen molar-refractivity contribution in [1.82, 2.24) is 4.90 Å². The third kappa shape index (κ3) is 4.83. The summed E-state index contributed by atoms with van der Waals surface area (Å²) in [6.07, 6.45) is -1.81. The van der Waals surface area contributed by atoms with Gasteiger partial charge in [-0.2, -0.15) is 13.2 Å². The second kappa shape index (κ2) is 5.02. The predicted octanol–water partition coefficient (Wildman–Crippen LogP) is 1.73. The van der Waals surface area contributed by atoms with Crippen LogP contribution in [0.25, 0.3) is 0 Å². The van der Waals surface area contributed by atoms with Crippen molar-refractivity contribution in [3.63, 3.8) is 0 Å². The minimum Gasteiger partial charge on any atom is -0.480 e. The number of aliphatic carboxylic acids is 1. The van der Waals surface area contributed by atoms with Gasteiger partial charge in [-0.25, -0.2) is 0 Å². The van der Waals surface area contributed by atoms with Crippen LogP contribution in [0.1, 0.15) is 5.56 Å². The lowest BCUT2D eigenvalue weighted by molar-refractivity contribution is -0.154. The molecule has 0 fully saturated rings. The third-order valence-electron chi connectivity index (χ3n) is 1.75. The largest absolute Gasteiger partial charge is 0.480 e. The maximum atomic E-state index is 12.1. The maximum Gasteiger partial charge on any atom is 0.401 e. The van der Waals surface area contributed by atoms with E-state index in [9.17, 15) is 18.0 Å². The molecule has 4 nitrogen and oxygen atoms in total. The first-order valence-electron chi connectivity index (χ1n) is 4.39. The van der Waals surface area contributed by atoms with Gasteiger partial charge in [0.1, 0.15) is 0 Å². The van der Waals surface area contributed by atoms with E-state index in [1.54, 1.807) is 0 Å². The van der Waals surface area contributed by atoms with Crippen molar-refractivity contribution >= 4 is 5.97 Å². The van der Waals surface area contributed by atoms with Crippen molar-refractivity contribution in [2.24, 2.45) is 0 Å². The van der Waals surface area contributed by atoms with Crippen LogP contribution in [-0.4, -0.2) is 35.2 Å². The number of carboxylic acid groups (broad SMARTS) is 1. The lowest BCUT2D eigenvalue weighted by atomic mass is 10.3. The number of carboxylic acids is 1. The minimum atomic E-state index is -4.42. The molecule has 0 unspecified atom stereocenters. The normalized spacial score (nSPS) is 12.0. The molecule has 0 atom stereocenters. The molecule has 90 valence electrons. The number of hydrogen-bond donors (Lipinski definition) is 1. The zero-order chi connectivity index (χ0) is 12.2. The average molecular weight is 237 g/mol. The van der Waals surface area contributed by atoms with Crippen LogP contribution in [0.3, 0.4) is 0 Å². The highest BCUT2D eigenvalue weighted by molar-refractivity contribution is 5.69. The van der Waals surface area contributed by atoms with Crippen LogP contribution >= 0.6 is 0 Å². The van der Waals surface area contributed by atoms with Crippen molar-refractivity contribution < 1.29 is 27.5 Å². The third-order valence-corrected chi connectivity index (χ3v) is 1.75. The summed E-state index contributed by atoms with van der Waals surface area (Å²) < 4.78 is 41.1. The molecule has 0 saturated heterocycles. The minimum absolute atomic E-state index is 0.109. The Morgan fingerprint density at radius 1 is 1.50 bits per heavy atom. The van der Waals surface area contributed by atoms with Crippen LogP contribution in [-0.2, 0) is 11.3 Å². The molecular formula is C9H10F3NO3. The van der Waals surface area contributed by atoms with E-state index >= 15 is 0 Å². The lowest BCUT2D eigenvalue weighted by Crippen LogP contribution is -2.37. The zero-order valence-electron chi connectivity index (χ0n) is 8.20. The molecule has 0 radical (unpaired) electrons. The van der Waals surface area contributed by atoms with Crippen molar-refractivity contribution in [2.45, 2.75) is 12.7 Å². The summed E-state index contributed by atoms with van der Waals surface area (Å²) in [7, 11) is 0. The van der Waals surface area contributed by atoms with Crippen LogP contribution in [0.15, 0.2) is 23.0 Å². The van der Waals surface area contributed by atoms with Gasteiger partial charge < -0.3 is 9.52 Å². The Labute approximate surface area is 89.3 Å². The maximum absolute atomic E-state index is 12.1. The lowest BCUT2D eigenvalue weighted by Gasteiger charge is -2.20. The first-order chi connectivity index (χ1) is 7.37. The van der Waals surface area contributed by atoms with Crippen LogP contribution in [0, 0.1) is 0 Å². The molecule has 0 spiro atoms. The number of nitrogens with zero attached hydrogens (tertiary/aromatic N) is 1. The molecule has 0 bridgehead atoms. The van der Waals surface area contributed by atoms with E-state index in [1.807, 2.05) is 0 Å². The van der Waals surface area contributed by atoms with E-state index in [0.717, 1.165) is 4.90 Å². The SMILES string of the molecule is O=C(O)CN(Cc1ccoc1)CC(F)(F)F. The Morgan fingerprint density at radius 2 is 2.19 bits per heavy atom. The van der Waals surface area contributed by atoms with E-state index < -0.39 is 25.2 Å². The molecule has 0 amide bonds. The fraction of sp³-hybridized carbons (Fsp3) is 0.444. The summed E-state index contributed by atoms with van der Waals surface area (Å²) >= 11 is 0. The highest BCUT2D eigenvalue weighted by atomic mass is 19.4. The quantitative estimate of drug-likeness (QED) is 0.847. The number of halogens is 3. The fourth-order valence-electron chi connectivity index (χ4n) is 1.25. The van der Waals surface area contributed by atoms with Crippen LogP contribution in [0.4, 0.5) is 13.2 Å². The molecule has 1 aromatic rings. The molecule has 16 heavy (non-hydrogen) atoms. The zero-order valence-corrected chi connectivity index (χ0v) is 8.20. The number of furan rings is 1. The molecule has 1 aromatic heterocycles. The van der Waals surface area contributed by atoms with Crippen molar-refractivity contribution in [3.05, 3.63) is 24.2 Å². The smallest absolute Gasteiger partial charge is 0.401 e. The summed E-state index contributed by atoms with van der Waals surface area (Å²) in [5, 5.41) is 8.48. The van der Waals surface area contributed by atoms with E-state index in [1.165, 1.54) is 18.6 Å². The van der Waals surface area contributed by atoms with Gasteiger partial charge in [0, 0.05) is 12.1 Å². The Morgan fingerprint density at radius 3 is 2.62 bits per heavy atom. The molecule has 1 rings (SSSR count). The first kappa shape index (κ1) is 12.6. The Bertz CT molecular complexity index is 334. The number of hydrogen-bond acceptors (Lipinski definition) is 3. The van der Waals surface area contributed by atoms with Crippen LogP contribution < -0.4 is 0 Å². The average Bonchev–Trinajstić information content (AvgIpc) is 2.51. The molecule has 0 saturated carbocycles. The molecule has 1 N–H and O–H groups in total. The second-order valence-corrected chi connectivity index (χ2v) is 3.29. The Balaban J connectivity index is 2.60. The fourth-order valence-corrected chi connectivity index (χ4v) is 1.25. The van der Waals surface area contributed by atoms with Crippen LogP contribution in [0.2, 0.25) is 0 Å². The number of rotatable bonds is 5. The number of alkyl halides is 3. The van der Waals surface area contributed by atoms with Gasteiger partial charge in [0.25, 0.3) is 0 Å². The predicted molar refractivity (Wildman–Crippen MR) is 47.7 cm³/mol. The van der Waals surface area contributed by atoms with Crippen molar-refractivity contribution in [1.29, 1.82) is 0 Å². The summed E-state index contributed by atoms with van der Waals surface area (Å²) in [5.41, 5.74) is 0.505. The Hall–Kier alpha value is -1.50. The van der Waals surface area contributed by atoms with E-state index in [0.29, 0.717) is 5.56 Å². The van der Waals surface area contributed by atoms with Gasteiger partial charge in [-0.1, -0.05) is 0 Å². The summed E-state index contributed by atoms with van der Waals surface area (Å²) in [6.45, 7) is -2.03. The first-order valence-corrected chi connectivity index (χ1v) is 4.39. The monoisotopic (exact) mass is 237 g/mol. The summed E-state index contributed by atoms with van der Waals surface area (Å²) in [5.74, 6) is -1.30. The molecule has 0 aliphatic carbocycles. The topological polar surface area (TPSA) is 53.7 Å². The summed E-state index contributed by atoms with van der Waals surface area (Å²) in [6, 6.07) is 1.49. The molecule has 0 aliphatic rings. The summed E-state index contributed by atoms with van der Waals surface area (Å²) in [4.78, 5) is 11.2. The van der Waals surface area contributed by atoms with Gasteiger partial charge in [-0.05, 0) is 6.07 Å². The van der Waals surface area contributed by atoms with E-state index in [2.05, 4.69) is 0 Å². The van der Waals surface area contributed by atoms with Gasteiger partial charge in [-0.15, -0.1) is 0 Å². The van der Waals surface area contributed by atoms with Gasteiger partial charge >= 0.3 is 12.1 Å². The standard InChI is InChI=1S/C9H10F3NO3/c10-9(11,12)6-13(4-8(14)15)3-7-1-2-16-5-7/h1-2,5H,3-4,6H2,(H,14,15). The van der Waals surface area contributed by atoms with Crippen molar-refractivity contribution in [2.75, 3.05) is 13.1 Å². The molecule has 0 aliphatic heterocycles. The molecule has 0 aromatic carbocycles. The highest BCUT2D eigenvalue weighted by Gasteiger charge is 2.31. The molecule has 1 heterocycles. The molecular weight excluding hydrogens is 227 g/mol. The van der Waals surface area contributed by atoms with E-state index in [4.69, 9.17) is 9.52 Å². The Kier molecular flexibility index (Phi) is 3.94. The van der Waals surface area contributed by atoms with E-state index in [-0.39, 0.29) is 6.54 Å². The van der Waals surface area contributed by atoms with Gasteiger partial charge in [0.2, 0.25) is 0 Å². The van der Waals surface area contributed by atoms with Gasteiger partial charge in [0.15, 0.2) is 0 Å². The van der Waals surface area contributed by atoms with Crippen LogP contribution in [0.5, 0.6) is 0 Å². The second-order valence-electron chi connectivity index (χ2n) is 3.29. The van der Waals surface area contributed by atoms with Crippen molar-refractivity contribution in [3.8, 4) is 0 Å². The number of carbonyl (C=O) groups is 1.